The minimum Gasteiger partial charge on any atom is -0.496 e. The lowest BCUT2D eigenvalue weighted by Crippen LogP contribution is -2.25. The zero-order valence-corrected chi connectivity index (χ0v) is 10.9. The summed E-state index contributed by atoms with van der Waals surface area (Å²) in [6.45, 7) is 2.01. The lowest BCUT2D eigenvalue weighted by atomic mass is 10.2. The molecule has 0 radical (unpaired) electrons. The number of nitrogens with one attached hydrogen (secondary N) is 1. The van der Waals surface area contributed by atoms with Crippen LogP contribution in [0.2, 0.25) is 0 Å². The van der Waals surface area contributed by atoms with E-state index in [0.717, 1.165) is 5.56 Å². The van der Waals surface area contributed by atoms with Gasteiger partial charge in [-0.25, -0.2) is 13.1 Å². The number of anilines is 1. The quantitative estimate of drug-likeness (QED) is 0.749. The van der Waals surface area contributed by atoms with E-state index in [-0.39, 0.29) is 12.3 Å². The summed E-state index contributed by atoms with van der Waals surface area (Å²) in [7, 11) is -1.68. The fourth-order valence-corrected chi connectivity index (χ4v) is 2.52. The van der Waals surface area contributed by atoms with Crippen LogP contribution in [0.15, 0.2) is 18.2 Å². The zero-order chi connectivity index (χ0) is 12.9. The number of ether oxygens (including phenoxy) is 1. The number of hydrogen-bond donors (Lipinski definition) is 2. The number of nitrogen functional groups attached to an aromatic ring is 1. The minimum atomic E-state index is -3.21. The first kappa shape index (κ1) is 13.8. The van der Waals surface area contributed by atoms with Crippen LogP contribution in [0.4, 0.5) is 5.69 Å². The fourth-order valence-electron chi connectivity index (χ4n) is 1.47. The van der Waals surface area contributed by atoms with Crippen molar-refractivity contribution in [2.45, 2.75) is 19.9 Å². The minimum absolute atomic E-state index is 0.123. The van der Waals surface area contributed by atoms with E-state index < -0.39 is 10.0 Å². The lowest BCUT2D eigenvalue weighted by Gasteiger charge is -2.10. The van der Waals surface area contributed by atoms with Gasteiger partial charge in [0.05, 0.1) is 12.9 Å². The molecule has 0 heterocycles. The second-order valence-corrected chi connectivity index (χ2v) is 5.64. The molecule has 1 aromatic carbocycles. The summed E-state index contributed by atoms with van der Waals surface area (Å²) in [4.78, 5) is 0. The van der Waals surface area contributed by atoms with Crippen molar-refractivity contribution in [3.8, 4) is 5.75 Å². The van der Waals surface area contributed by atoms with Crippen molar-refractivity contribution in [2.24, 2.45) is 0 Å². The molecule has 1 rings (SSSR count). The average Bonchev–Trinajstić information content (AvgIpc) is 2.27. The Balaban J connectivity index is 2.78. The van der Waals surface area contributed by atoms with Gasteiger partial charge in [0.2, 0.25) is 10.0 Å². The first-order valence-electron chi connectivity index (χ1n) is 5.38. The molecule has 1 aromatic rings. The van der Waals surface area contributed by atoms with Crippen LogP contribution in [0.25, 0.3) is 0 Å². The molecule has 0 saturated carbocycles. The van der Waals surface area contributed by atoms with Gasteiger partial charge >= 0.3 is 0 Å². The van der Waals surface area contributed by atoms with Gasteiger partial charge in [0, 0.05) is 17.8 Å². The van der Waals surface area contributed by atoms with Gasteiger partial charge in [-0.2, -0.15) is 0 Å². The molecule has 3 N–H and O–H groups in total. The topological polar surface area (TPSA) is 81.4 Å². The van der Waals surface area contributed by atoms with Crippen LogP contribution in [0.3, 0.4) is 0 Å². The Kier molecular flexibility index (Phi) is 4.77. The van der Waals surface area contributed by atoms with Crippen molar-refractivity contribution in [2.75, 3.05) is 18.6 Å². The molecular weight excluding hydrogens is 240 g/mol. The van der Waals surface area contributed by atoms with E-state index in [0.29, 0.717) is 17.9 Å². The first-order valence-corrected chi connectivity index (χ1v) is 7.03. The third-order valence-electron chi connectivity index (χ3n) is 2.26. The van der Waals surface area contributed by atoms with Gasteiger partial charge in [-0.05, 0) is 24.6 Å². The molecule has 0 saturated heterocycles. The maximum atomic E-state index is 11.5. The molecule has 96 valence electrons. The van der Waals surface area contributed by atoms with E-state index in [9.17, 15) is 8.42 Å². The van der Waals surface area contributed by atoms with Crippen LogP contribution >= 0.6 is 0 Å². The number of sulfonamides is 1. The predicted molar refractivity (Wildman–Crippen MR) is 68.3 cm³/mol. The van der Waals surface area contributed by atoms with Gasteiger partial charge in [-0.1, -0.05) is 6.92 Å². The number of nitrogens with two attached hydrogens (primary N) is 1. The summed E-state index contributed by atoms with van der Waals surface area (Å²) in [6.07, 6.45) is 0.587. The Hall–Kier alpha value is -1.27. The van der Waals surface area contributed by atoms with E-state index in [1.807, 2.05) is 6.92 Å². The van der Waals surface area contributed by atoms with Crippen molar-refractivity contribution in [1.29, 1.82) is 0 Å². The second-order valence-electron chi connectivity index (χ2n) is 3.71. The first-order chi connectivity index (χ1) is 7.98. The Morgan fingerprint density at radius 2 is 2.12 bits per heavy atom. The Bertz CT molecular complexity index is 472. The van der Waals surface area contributed by atoms with Crippen molar-refractivity contribution in [1.82, 2.24) is 4.72 Å². The smallest absolute Gasteiger partial charge is 0.211 e. The molecule has 0 bridgehead atoms. The summed E-state index contributed by atoms with van der Waals surface area (Å²) in [5.74, 6) is 0.746. The summed E-state index contributed by atoms with van der Waals surface area (Å²) in [5.41, 5.74) is 6.96. The molecule has 0 aromatic heterocycles. The van der Waals surface area contributed by atoms with Gasteiger partial charge < -0.3 is 10.5 Å². The van der Waals surface area contributed by atoms with Gasteiger partial charge in [0.25, 0.3) is 0 Å². The molecule has 0 aliphatic carbocycles. The van der Waals surface area contributed by atoms with E-state index in [1.54, 1.807) is 18.2 Å². The normalized spacial score (nSPS) is 11.4. The molecule has 0 fully saturated rings. The number of hydrogen-bond acceptors (Lipinski definition) is 4. The SMILES string of the molecule is CCCS(=O)(=O)NCc1cc(N)ccc1OC. The predicted octanol–water partition coefficient (Wildman–Crippen LogP) is 1.11. The van der Waals surface area contributed by atoms with Crippen molar-refractivity contribution < 1.29 is 13.2 Å². The van der Waals surface area contributed by atoms with Crippen LogP contribution in [0.5, 0.6) is 5.75 Å². The molecular formula is C11H18N2O3S. The molecule has 0 unspecified atom stereocenters. The van der Waals surface area contributed by atoms with Gasteiger partial charge in [0.15, 0.2) is 0 Å². The van der Waals surface area contributed by atoms with Gasteiger partial charge in [0.1, 0.15) is 5.75 Å². The highest BCUT2D eigenvalue weighted by Crippen LogP contribution is 2.20. The fraction of sp³-hybridized carbons (Fsp3) is 0.455. The van der Waals surface area contributed by atoms with E-state index in [2.05, 4.69) is 4.72 Å². The monoisotopic (exact) mass is 258 g/mol. The van der Waals surface area contributed by atoms with E-state index >= 15 is 0 Å². The van der Waals surface area contributed by atoms with Crippen LogP contribution < -0.4 is 15.2 Å². The molecule has 5 nitrogen and oxygen atoms in total. The number of methoxy groups -OCH3 is 1. The molecule has 0 amide bonds. The van der Waals surface area contributed by atoms with Crippen LogP contribution in [0, 0.1) is 0 Å². The van der Waals surface area contributed by atoms with Crippen molar-refractivity contribution in [3.63, 3.8) is 0 Å². The Morgan fingerprint density at radius 3 is 2.71 bits per heavy atom. The molecule has 0 aliphatic rings. The maximum Gasteiger partial charge on any atom is 0.211 e. The molecule has 6 heteroatoms. The zero-order valence-electron chi connectivity index (χ0n) is 10.1. The second kappa shape index (κ2) is 5.88. The maximum absolute atomic E-state index is 11.5. The standard InChI is InChI=1S/C11H18N2O3S/c1-3-6-17(14,15)13-8-9-7-10(12)4-5-11(9)16-2/h4-5,7,13H,3,6,8,12H2,1-2H3. The van der Waals surface area contributed by atoms with E-state index in [1.165, 1.54) is 7.11 Å². The average molecular weight is 258 g/mol. The summed E-state index contributed by atoms with van der Waals surface area (Å²) in [5, 5.41) is 0. The summed E-state index contributed by atoms with van der Waals surface area (Å²) in [6, 6.07) is 5.13. The highest BCUT2D eigenvalue weighted by atomic mass is 32.2. The number of benzene rings is 1. The van der Waals surface area contributed by atoms with Gasteiger partial charge in [-0.3, -0.25) is 0 Å². The number of rotatable bonds is 6. The Morgan fingerprint density at radius 1 is 1.41 bits per heavy atom. The highest BCUT2D eigenvalue weighted by Gasteiger charge is 2.10. The van der Waals surface area contributed by atoms with Crippen LogP contribution in [-0.2, 0) is 16.6 Å². The van der Waals surface area contributed by atoms with Crippen molar-refractivity contribution in [3.05, 3.63) is 23.8 Å². The van der Waals surface area contributed by atoms with Gasteiger partial charge in [-0.15, -0.1) is 0 Å². The molecule has 0 spiro atoms. The highest BCUT2D eigenvalue weighted by molar-refractivity contribution is 7.89. The summed E-state index contributed by atoms with van der Waals surface area (Å²) < 4.78 is 30.7. The Labute approximate surface area is 102 Å². The van der Waals surface area contributed by atoms with Crippen molar-refractivity contribution >= 4 is 15.7 Å². The molecule has 0 atom stereocenters. The molecule has 0 aliphatic heterocycles. The third-order valence-corrected chi connectivity index (χ3v) is 3.79. The third kappa shape index (κ3) is 4.24. The lowest BCUT2D eigenvalue weighted by molar-refractivity contribution is 0.409. The van der Waals surface area contributed by atoms with E-state index in [4.69, 9.17) is 10.5 Å². The van der Waals surface area contributed by atoms with Crippen LogP contribution in [-0.4, -0.2) is 21.3 Å². The summed E-state index contributed by atoms with van der Waals surface area (Å²) >= 11 is 0. The molecule has 17 heavy (non-hydrogen) atoms. The van der Waals surface area contributed by atoms with Crippen LogP contribution in [0.1, 0.15) is 18.9 Å². The largest absolute Gasteiger partial charge is 0.496 e.